The van der Waals surface area contributed by atoms with Crippen molar-refractivity contribution < 1.29 is 9.90 Å². The highest BCUT2D eigenvalue weighted by Gasteiger charge is 2.04. The Balaban J connectivity index is 1.98. The van der Waals surface area contributed by atoms with Crippen molar-refractivity contribution in [3.63, 3.8) is 0 Å². The van der Waals surface area contributed by atoms with E-state index in [2.05, 4.69) is 5.32 Å². The maximum absolute atomic E-state index is 11.2. The van der Waals surface area contributed by atoms with Crippen molar-refractivity contribution in [2.45, 2.75) is 13.0 Å². The molecule has 2 N–H and O–H groups in total. The molecule has 0 spiro atoms. The van der Waals surface area contributed by atoms with Gasteiger partial charge in [0.05, 0.1) is 12.1 Å². The van der Waals surface area contributed by atoms with Crippen molar-refractivity contribution in [3.05, 3.63) is 50.6 Å². The molecule has 0 saturated carbocycles. The third-order valence-electron chi connectivity index (χ3n) is 2.60. The standard InChI is InChI=1S/C13H14N2O3S/c1-15-8-9(2-5-12(15)16)14-7-11-4-3-10(19-11)6-13(17)18/h2-5,8,14H,6-7H2,1H3,(H,17,18). The predicted octanol–water partition coefficient (Wildman–Crippen LogP) is 1.69. The zero-order valence-electron chi connectivity index (χ0n) is 10.4. The monoisotopic (exact) mass is 278 g/mol. The van der Waals surface area contributed by atoms with E-state index in [1.54, 1.807) is 19.3 Å². The third-order valence-corrected chi connectivity index (χ3v) is 3.68. The second-order valence-corrected chi connectivity index (χ2v) is 5.41. The lowest BCUT2D eigenvalue weighted by Gasteiger charge is -2.06. The van der Waals surface area contributed by atoms with E-state index in [-0.39, 0.29) is 12.0 Å². The van der Waals surface area contributed by atoms with Gasteiger partial charge in [-0.25, -0.2) is 0 Å². The van der Waals surface area contributed by atoms with E-state index >= 15 is 0 Å². The summed E-state index contributed by atoms with van der Waals surface area (Å²) in [4.78, 5) is 23.7. The molecule has 0 aliphatic carbocycles. The minimum Gasteiger partial charge on any atom is -0.481 e. The van der Waals surface area contributed by atoms with Crippen molar-refractivity contribution in [1.29, 1.82) is 0 Å². The van der Waals surface area contributed by atoms with Crippen LogP contribution >= 0.6 is 11.3 Å². The Morgan fingerprint density at radius 2 is 2.05 bits per heavy atom. The van der Waals surface area contributed by atoms with Gasteiger partial charge in [0.2, 0.25) is 5.56 Å². The van der Waals surface area contributed by atoms with Gasteiger partial charge in [-0.3, -0.25) is 9.59 Å². The highest BCUT2D eigenvalue weighted by Crippen LogP contribution is 2.18. The minimum atomic E-state index is -0.820. The first-order chi connectivity index (χ1) is 9.04. The van der Waals surface area contributed by atoms with Crippen molar-refractivity contribution >= 4 is 23.0 Å². The van der Waals surface area contributed by atoms with Crippen LogP contribution in [0, 0.1) is 0 Å². The number of anilines is 1. The van der Waals surface area contributed by atoms with E-state index in [0.717, 1.165) is 15.4 Å². The van der Waals surface area contributed by atoms with Crippen LogP contribution in [0.15, 0.2) is 35.3 Å². The molecule has 0 aliphatic heterocycles. The van der Waals surface area contributed by atoms with Crippen molar-refractivity contribution in [1.82, 2.24) is 4.57 Å². The lowest BCUT2D eigenvalue weighted by atomic mass is 10.3. The summed E-state index contributed by atoms with van der Waals surface area (Å²) in [6.45, 7) is 0.614. The van der Waals surface area contributed by atoms with Crippen molar-refractivity contribution in [2.75, 3.05) is 5.32 Å². The molecule has 2 aromatic rings. The average Bonchev–Trinajstić information content (AvgIpc) is 2.77. The van der Waals surface area contributed by atoms with Crippen LogP contribution in [0.1, 0.15) is 9.75 Å². The number of hydrogen-bond donors (Lipinski definition) is 2. The van der Waals surface area contributed by atoms with Gasteiger partial charge in [-0.05, 0) is 18.2 Å². The molecule has 0 amide bonds. The zero-order valence-corrected chi connectivity index (χ0v) is 11.2. The number of aryl methyl sites for hydroxylation is 1. The Hall–Kier alpha value is -2.08. The van der Waals surface area contributed by atoms with E-state index in [1.807, 2.05) is 12.1 Å². The molecule has 0 saturated heterocycles. The molecule has 100 valence electrons. The summed E-state index contributed by atoms with van der Waals surface area (Å²) in [6, 6.07) is 6.98. The lowest BCUT2D eigenvalue weighted by Crippen LogP contribution is -2.15. The molecule has 2 aromatic heterocycles. The molecule has 0 unspecified atom stereocenters. The van der Waals surface area contributed by atoms with Gasteiger partial charge in [0.1, 0.15) is 0 Å². The van der Waals surface area contributed by atoms with Gasteiger partial charge in [0, 0.05) is 35.6 Å². The van der Waals surface area contributed by atoms with Crippen LogP contribution in [0.3, 0.4) is 0 Å². The Morgan fingerprint density at radius 3 is 2.74 bits per heavy atom. The molecule has 2 heterocycles. The molecular formula is C13H14N2O3S. The summed E-state index contributed by atoms with van der Waals surface area (Å²) < 4.78 is 1.51. The molecule has 5 nitrogen and oxygen atoms in total. The number of nitrogens with one attached hydrogen (secondary N) is 1. The topological polar surface area (TPSA) is 71.3 Å². The molecule has 0 aliphatic rings. The number of pyridine rings is 1. The van der Waals surface area contributed by atoms with E-state index in [0.29, 0.717) is 6.54 Å². The van der Waals surface area contributed by atoms with Crippen molar-refractivity contribution in [2.24, 2.45) is 7.05 Å². The van der Waals surface area contributed by atoms with Gasteiger partial charge in [0.25, 0.3) is 0 Å². The fourth-order valence-corrected chi connectivity index (χ4v) is 2.60. The number of aromatic nitrogens is 1. The quantitative estimate of drug-likeness (QED) is 0.873. The summed E-state index contributed by atoms with van der Waals surface area (Å²) >= 11 is 1.48. The number of thiophene rings is 1. The Bertz CT molecular complexity index is 645. The van der Waals surface area contributed by atoms with Gasteiger partial charge in [-0.1, -0.05) is 0 Å². The fourth-order valence-electron chi connectivity index (χ4n) is 1.65. The maximum Gasteiger partial charge on any atom is 0.308 e. The zero-order chi connectivity index (χ0) is 13.8. The number of carboxylic acid groups (broad SMARTS) is 1. The molecule has 6 heteroatoms. The molecule has 19 heavy (non-hydrogen) atoms. The second kappa shape index (κ2) is 5.71. The molecule has 0 bridgehead atoms. The third kappa shape index (κ3) is 3.69. The number of carboxylic acids is 1. The Labute approximate surface area is 114 Å². The maximum atomic E-state index is 11.2. The first-order valence-electron chi connectivity index (χ1n) is 5.74. The summed E-state index contributed by atoms with van der Waals surface area (Å²) in [5, 5.41) is 11.9. The van der Waals surface area contributed by atoms with E-state index in [1.165, 1.54) is 22.0 Å². The van der Waals surface area contributed by atoms with E-state index < -0.39 is 5.97 Å². The van der Waals surface area contributed by atoms with Crippen LogP contribution < -0.4 is 10.9 Å². The SMILES string of the molecule is Cn1cc(NCc2ccc(CC(=O)O)s2)ccc1=O. The number of rotatable bonds is 5. The summed E-state index contributed by atoms with van der Waals surface area (Å²) in [6.07, 6.45) is 1.79. The molecule has 0 fully saturated rings. The molecule has 0 atom stereocenters. The van der Waals surface area contributed by atoms with Crippen LogP contribution in [-0.4, -0.2) is 15.6 Å². The molecule has 2 rings (SSSR count). The Kier molecular flexibility index (Phi) is 4.01. The van der Waals surface area contributed by atoms with Crippen LogP contribution in [0.4, 0.5) is 5.69 Å². The van der Waals surface area contributed by atoms with E-state index in [9.17, 15) is 9.59 Å². The van der Waals surface area contributed by atoms with E-state index in [4.69, 9.17) is 5.11 Å². The first kappa shape index (κ1) is 13.4. The average molecular weight is 278 g/mol. The minimum absolute atomic E-state index is 0.0505. The highest BCUT2D eigenvalue weighted by molar-refractivity contribution is 7.12. The van der Waals surface area contributed by atoms with Gasteiger partial charge in [0.15, 0.2) is 0 Å². The van der Waals surface area contributed by atoms with Gasteiger partial charge >= 0.3 is 5.97 Å². The molecule has 0 radical (unpaired) electrons. The van der Waals surface area contributed by atoms with Crippen LogP contribution in [0.25, 0.3) is 0 Å². The summed E-state index contributed by atoms with van der Waals surface area (Å²) in [7, 11) is 1.70. The van der Waals surface area contributed by atoms with Gasteiger partial charge < -0.3 is 15.0 Å². The first-order valence-corrected chi connectivity index (χ1v) is 6.56. The number of aliphatic carboxylic acids is 1. The van der Waals surface area contributed by atoms with Crippen LogP contribution in [0.2, 0.25) is 0 Å². The normalized spacial score (nSPS) is 10.4. The predicted molar refractivity (Wildman–Crippen MR) is 74.7 cm³/mol. The summed E-state index contributed by atoms with van der Waals surface area (Å²) in [5.74, 6) is -0.820. The Morgan fingerprint density at radius 1 is 1.32 bits per heavy atom. The van der Waals surface area contributed by atoms with Crippen molar-refractivity contribution in [3.8, 4) is 0 Å². The molecular weight excluding hydrogens is 264 g/mol. The molecule has 0 aromatic carbocycles. The van der Waals surface area contributed by atoms with Gasteiger partial charge in [-0.15, -0.1) is 11.3 Å². The smallest absolute Gasteiger partial charge is 0.308 e. The van der Waals surface area contributed by atoms with Crippen LogP contribution in [-0.2, 0) is 24.8 Å². The summed E-state index contributed by atoms with van der Waals surface area (Å²) in [5.41, 5.74) is 0.806. The van der Waals surface area contributed by atoms with Gasteiger partial charge in [-0.2, -0.15) is 0 Å². The highest BCUT2D eigenvalue weighted by atomic mass is 32.1. The fraction of sp³-hybridized carbons (Fsp3) is 0.231. The largest absolute Gasteiger partial charge is 0.481 e. The number of carbonyl (C=O) groups is 1. The number of nitrogens with zero attached hydrogens (tertiary/aromatic N) is 1. The second-order valence-electron chi connectivity index (χ2n) is 4.16. The van der Waals surface area contributed by atoms with Crippen LogP contribution in [0.5, 0.6) is 0 Å². The number of hydrogen-bond acceptors (Lipinski definition) is 4. The lowest BCUT2D eigenvalue weighted by molar-refractivity contribution is -0.136.